The zero-order chi connectivity index (χ0) is 12.7. The van der Waals surface area contributed by atoms with Crippen molar-refractivity contribution in [2.45, 2.75) is 25.1 Å². The lowest BCUT2D eigenvalue weighted by atomic mass is 10.2. The van der Waals surface area contributed by atoms with Crippen molar-refractivity contribution in [3.05, 3.63) is 17.5 Å². The lowest BCUT2D eigenvalue weighted by Gasteiger charge is -2.09. The number of carboxylic acid groups (broad SMARTS) is 1. The molecule has 0 aromatic carbocycles. The van der Waals surface area contributed by atoms with Gasteiger partial charge >= 0.3 is 5.97 Å². The fourth-order valence-corrected chi connectivity index (χ4v) is 2.12. The summed E-state index contributed by atoms with van der Waals surface area (Å²) in [5.74, 6) is 1.04. The molecule has 0 fully saturated rings. The maximum atomic E-state index is 10.7. The van der Waals surface area contributed by atoms with Gasteiger partial charge in [-0.2, -0.15) is 11.8 Å². The summed E-state index contributed by atoms with van der Waals surface area (Å²) in [6.07, 6.45) is 0.792. The molecule has 0 spiro atoms. The van der Waals surface area contributed by atoms with E-state index in [4.69, 9.17) is 9.63 Å². The Bertz CT molecular complexity index is 380. The number of hydrogen-bond acceptors (Lipinski definition) is 5. The van der Waals surface area contributed by atoms with Crippen LogP contribution in [0, 0.1) is 6.92 Å². The van der Waals surface area contributed by atoms with Gasteiger partial charge in [0.1, 0.15) is 11.8 Å². The summed E-state index contributed by atoms with van der Waals surface area (Å²) < 4.78 is 4.90. The van der Waals surface area contributed by atoms with Gasteiger partial charge in [-0.3, -0.25) is 4.79 Å². The van der Waals surface area contributed by atoms with Gasteiger partial charge in [0.15, 0.2) is 0 Å². The van der Waals surface area contributed by atoms with E-state index in [1.807, 2.05) is 13.0 Å². The van der Waals surface area contributed by atoms with E-state index in [0.717, 1.165) is 11.5 Å². The van der Waals surface area contributed by atoms with Gasteiger partial charge in [-0.25, -0.2) is 4.79 Å². The van der Waals surface area contributed by atoms with Crippen LogP contribution in [0.25, 0.3) is 0 Å². The van der Waals surface area contributed by atoms with Crippen LogP contribution in [-0.2, 0) is 15.3 Å². The van der Waals surface area contributed by atoms with E-state index < -0.39 is 12.0 Å². The first-order valence-corrected chi connectivity index (χ1v) is 6.21. The fourth-order valence-electron chi connectivity index (χ4n) is 1.22. The molecule has 1 atom stereocenters. The number of rotatable bonds is 8. The second-order valence-corrected chi connectivity index (χ2v) is 4.55. The number of thioether (sulfide) groups is 1. The number of nitrogens with one attached hydrogen (secondary N) is 1. The number of aryl methyl sites for hydroxylation is 1. The van der Waals surface area contributed by atoms with Crippen LogP contribution in [0.15, 0.2) is 10.6 Å². The van der Waals surface area contributed by atoms with Crippen molar-refractivity contribution in [1.82, 2.24) is 10.5 Å². The van der Waals surface area contributed by atoms with Crippen LogP contribution >= 0.6 is 11.8 Å². The molecule has 2 N–H and O–H groups in total. The van der Waals surface area contributed by atoms with E-state index in [1.54, 1.807) is 11.8 Å². The predicted molar refractivity (Wildman–Crippen MR) is 62.6 cm³/mol. The first kappa shape index (κ1) is 13.6. The predicted octanol–water partition coefficient (Wildman–Crippen LogP) is 0.806. The summed E-state index contributed by atoms with van der Waals surface area (Å²) in [5, 5.41) is 14.8. The van der Waals surface area contributed by atoms with E-state index in [-0.39, 0.29) is 0 Å². The summed E-state index contributed by atoms with van der Waals surface area (Å²) in [5.41, 5.74) is 0.836. The van der Waals surface area contributed by atoms with Crippen molar-refractivity contribution in [1.29, 1.82) is 0 Å². The second kappa shape index (κ2) is 6.95. The van der Waals surface area contributed by atoms with Crippen molar-refractivity contribution in [2.75, 3.05) is 5.75 Å². The van der Waals surface area contributed by atoms with Crippen LogP contribution in [0.2, 0.25) is 0 Å². The topological polar surface area (TPSA) is 92.4 Å². The van der Waals surface area contributed by atoms with Crippen LogP contribution in [0.5, 0.6) is 0 Å². The van der Waals surface area contributed by atoms with Gasteiger partial charge in [0, 0.05) is 11.8 Å². The normalized spacial score (nSPS) is 12.1. The lowest BCUT2D eigenvalue weighted by molar-refractivity contribution is -0.140. The van der Waals surface area contributed by atoms with Crippen LogP contribution in [0.3, 0.4) is 0 Å². The highest BCUT2D eigenvalue weighted by atomic mass is 32.2. The number of carbonyl (C=O) groups is 2. The average Bonchev–Trinajstić information content (AvgIpc) is 2.68. The molecule has 0 aliphatic heterocycles. The van der Waals surface area contributed by atoms with Crippen molar-refractivity contribution in [3.63, 3.8) is 0 Å². The average molecular weight is 258 g/mol. The van der Waals surface area contributed by atoms with Crippen molar-refractivity contribution in [3.8, 4) is 0 Å². The number of carbonyl (C=O) groups excluding carboxylic acids is 1. The number of amides is 1. The van der Waals surface area contributed by atoms with E-state index >= 15 is 0 Å². The number of hydrogen-bond donors (Lipinski definition) is 2. The number of nitrogens with zero attached hydrogens (tertiary/aromatic N) is 1. The largest absolute Gasteiger partial charge is 0.480 e. The molecule has 0 radical (unpaired) electrons. The summed E-state index contributed by atoms with van der Waals surface area (Å²) >= 11 is 1.55. The molecule has 1 amide bonds. The molecular formula is C10H14N2O4S. The van der Waals surface area contributed by atoms with Gasteiger partial charge in [0.05, 0.1) is 5.69 Å². The Morgan fingerprint density at radius 2 is 2.53 bits per heavy atom. The molecule has 94 valence electrons. The Kier molecular flexibility index (Phi) is 5.55. The first-order valence-electron chi connectivity index (χ1n) is 5.06. The highest BCUT2D eigenvalue weighted by Crippen LogP contribution is 2.13. The van der Waals surface area contributed by atoms with Crippen LogP contribution in [0.1, 0.15) is 17.9 Å². The standard InChI is InChI=1S/C10H14N2O4S/c1-7-4-8(12-16-7)5-17-3-2-9(10(14)15)11-6-13/h4,6,9H,2-3,5H2,1H3,(H,11,13)(H,14,15). The third-order valence-electron chi connectivity index (χ3n) is 2.04. The lowest BCUT2D eigenvalue weighted by Crippen LogP contribution is -2.36. The molecule has 1 heterocycles. The Labute approximate surface area is 103 Å². The van der Waals surface area contributed by atoms with Crippen LogP contribution < -0.4 is 5.32 Å². The molecule has 7 heteroatoms. The smallest absolute Gasteiger partial charge is 0.326 e. The van der Waals surface area contributed by atoms with Crippen molar-refractivity contribution >= 4 is 24.1 Å². The molecule has 0 aliphatic carbocycles. The van der Waals surface area contributed by atoms with E-state index in [1.165, 1.54) is 0 Å². The first-order chi connectivity index (χ1) is 8.13. The summed E-state index contributed by atoms with van der Waals surface area (Å²) in [6, 6.07) is 1.02. The number of carboxylic acids is 1. The van der Waals surface area contributed by atoms with Crippen molar-refractivity contribution in [2.24, 2.45) is 0 Å². The summed E-state index contributed by atoms with van der Waals surface area (Å²) in [4.78, 5) is 20.9. The molecular weight excluding hydrogens is 244 g/mol. The minimum Gasteiger partial charge on any atom is -0.480 e. The Morgan fingerprint density at radius 3 is 3.06 bits per heavy atom. The molecule has 1 aromatic rings. The number of aromatic nitrogens is 1. The van der Waals surface area contributed by atoms with Crippen LogP contribution in [-0.4, -0.2) is 34.4 Å². The number of aliphatic carboxylic acids is 1. The van der Waals surface area contributed by atoms with Gasteiger partial charge < -0.3 is 14.9 Å². The molecule has 0 bridgehead atoms. The third kappa shape index (κ3) is 4.90. The monoisotopic (exact) mass is 258 g/mol. The Hall–Kier alpha value is -1.50. The maximum absolute atomic E-state index is 10.7. The van der Waals surface area contributed by atoms with Gasteiger partial charge in [-0.15, -0.1) is 0 Å². The SMILES string of the molecule is Cc1cc(CSCCC(NC=O)C(=O)O)no1. The molecule has 0 saturated carbocycles. The highest BCUT2D eigenvalue weighted by molar-refractivity contribution is 7.98. The van der Waals surface area contributed by atoms with Gasteiger partial charge in [-0.05, 0) is 19.1 Å². The minimum absolute atomic E-state index is 0.384. The van der Waals surface area contributed by atoms with Gasteiger partial charge in [0.2, 0.25) is 6.41 Å². The summed E-state index contributed by atoms with van der Waals surface area (Å²) in [7, 11) is 0. The maximum Gasteiger partial charge on any atom is 0.326 e. The Morgan fingerprint density at radius 1 is 1.76 bits per heavy atom. The van der Waals surface area contributed by atoms with E-state index in [9.17, 15) is 9.59 Å². The molecule has 0 saturated heterocycles. The highest BCUT2D eigenvalue weighted by Gasteiger charge is 2.15. The molecule has 1 unspecified atom stereocenters. The quantitative estimate of drug-likeness (QED) is 0.529. The fraction of sp³-hybridized carbons (Fsp3) is 0.500. The Balaban J connectivity index is 2.22. The molecule has 1 rings (SSSR count). The zero-order valence-electron chi connectivity index (χ0n) is 9.38. The molecule has 1 aromatic heterocycles. The summed E-state index contributed by atoms with van der Waals surface area (Å²) in [6.45, 7) is 1.82. The molecule has 0 aliphatic rings. The van der Waals surface area contributed by atoms with E-state index in [2.05, 4.69) is 10.5 Å². The third-order valence-corrected chi connectivity index (χ3v) is 3.07. The van der Waals surface area contributed by atoms with Crippen LogP contribution in [0.4, 0.5) is 0 Å². The minimum atomic E-state index is -1.02. The van der Waals surface area contributed by atoms with E-state index in [0.29, 0.717) is 24.3 Å². The molecule has 6 nitrogen and oxygen atoms in total. The second-order valence-electron chi connectivity index (χ2n) is 3.45. The van der Waals surface area contributed by atoms with Gasteiger partial charge in [0.25, 0.3) is 0 Å². The zero-order valence-corrected chi connectivity index (χ0v) is 10.2. The van der Waals surface area contributed by atoms with Crippen molar-refractivity contribution < 1.29 is 19.2 Å². The van der Waals surface area contributed by atoms with Gasteiger partial charge in [-0.1, -0.05) is 5.16 Å². The molecule has 17 heavy (non-hydrogen) atoms.